The number of aromatic carboxylic acids is 1. The van der Waals surface area contributed by atoms with Crippen molar-refractivity contribution in [1.29, 1.82) is 0 Å². The molecule has 2 aromatic rings. The molecule has 6 heteroatoms. The Morgan fingerprint density at radius 1 is 1.47 bits per heavy atom. The van der Waals surface area contributed by atoms with E-state index in [9.17, 15) is 4.79 Å². The van der Waals surface area contributed by atoms with E-state index < -0.39 is 5.97 Å². The zero-order valence-electron chi connectivity index (χ0n) is 7.35. The van der Waals surface area contributed by atoms with Gasteiger partial charge in [-0.05, 0) is 18.2 Å². The minimum Gasteiger partial charge on any atom is -0.478 e. The summed E-state index contributed by atoms with van der Waals surface area (Å²) in [6.45, 7) is 0. The molecule has 1 heterocycles. The van der Waals surface area contributed by atoms with Gasteiger partial charge in [-0.1, -0.05) is 22.9 Å². The van der Waals surface area contributed by atoms with Gasteiger partial charge in [-0.3, -0.25) is 0 Å². The lowest BCUT2D eigenvalue weighted by molar-refractivity contribution is 0.0697. The Kier molecular flexibility index (Phi) is 2.66. The van der Waals surface area contributed by atoms with E-state index in [0.29, 0.717) is 15.6 Å². The molecule has 0 unspecified atom stereocenters. The number of carbonyl (C=O) groups is 1. The molecule has 0 bridgehead atoms. The van der Waals surface area contributed by atoms with Crippen molar-refractivity contribution in [2.24, 2.45) is 0 Å². The molecule has 0 saturated heterocycles. The first-order valence-corrected chi connectivity index (χ1v) is 5.23. The minimum atomic E-state index is -0.999. The Hall–Kier alpha value is -1.46. The standard InChI is InChI=1S/C9H5ClN2O2S/c10-7-3-5(9(13)14)1-2-6(7)8-12-11-4-15-8/h1-4H,(H,13,14). The molecule has 76 valence electrons. The maximum Gasteiger partial charge on any atom is 0.335 e. The molecule has 0 aliphatic rings. The van der Waals surface area contributed by atoms with E-state index in [0.717, 1.165) is 0 Å². The summed E-state index contributed by atoms with van der Waals surface area (Å²) in [6, 6.07) is 4.53. The van der Waals surface area contributed by atoms with Crippen molar-refractivity contribution in [2.75, 3.05) is 0 Å². The van der Waals surface area contributed by atoms with E-state index in [1.165, 1.54) is 23.5 Å². The Morgan fingerprint density at radius 2 is 2.27 bits per heavy atom. The highest BCUT2D eigenvalue weighted by atomic mass is 35.5. The van der Waals surface area contributed by atoms with Crippen LogP contribution in [0, 0.1) is 0 Å². The summed E-state index contributed by atoms with van der Waals surface area (Å²) in [5.74, 6) is -0.999. The zero-order chi connectivity index (χ0) is 10.8. The Balaban J connectivity index is 2.48. The van der Waals surface area contributed by atoms with Crippen LogP contribution in [0.1, 0.15) is 10.4 Å². The first kappa shape index (κ1) is 10.1. The molecular weight excluding hydrogens is 236 g/mol. The first-order valence-electron chi connectivity index (χ1n) is 3.98. The topological polar surface area (TPSA) is 63.1 Å². The number of halogens is 1. The molecule has 1 N–H and O–H groups in total. The molecule has 0 aliphatic carbocycles. The monoisotopic (exact) mass is 240 g/mol. The van der Waals surface area contributed by atoms with Gasteiger partial charge in [0.05, 0.1) is 10.6 Å². The lowest BCUT2D eigenvalue weighted by Crippen LogP contribution is -1.95. The van der Waals surface area contributed by atoms with Gasteiger partial charge in [-0.25, -0.2) is 4.79 Å². The van der Waals surface area contributed by atoms with Crippen molar-refractivity contribution in [1.82, 2.24) is 10.2 Å². The van der Waals surface area contributed by atoms with Crippen molar-refractivity contribution < 1.29 is 9.90 Å². The van der Waals surface area contributed by atoms with Crippen LogP contribution in [0.15, 0.2) is 23.7 Å². The lowest BCUT2D eigenvalue weighted by atomic mass is 10.1. The van der Waals surface area contributed by atoms with Gasteiger partial charge in [0.15, 0.2) is 0 Å². The molecule has 0 atom stereocenters. The predicted octanol–water partition coefficient (Wildman–Crippen LogP) is 2.56. The molecular formula is C9H5ClN2O2S. The molecule has 0 spiro atoms. The number of nitrogens with zero attached hydrogens (tertiary/aromatic N) is 2. The van der Waals surface area contributed by atoms with Gasteiger partial charge in [-0.2, -0.15) is 0 Å². The quantitative estimate of drug-likeness (QED) is 0.876. The SMILES string of the molecule is O=C(O)c1ccc(-c2nncs2)c(Cl)c1. The highest BCUT2D eigenvalue weighted by Crippen LogP contribution is 2.29. The van der Waals surface area contributed by atoms with Crippen LogP contribution in [0.5, 0.6) is 0 Å². The maximum absolute atomic E-state index is 10.7. The van der Waals surface area contributed by atoms with Gasteiger partial charge in [0.1, 0.15) is 10.5 Å². The van der Waals surface area contributed by atoms with Crippen LogP contribution in [0.2, 0.25) is 5.02 Å². The van der Waals surface area contributed by atoms with Crippen molar-refractivity contribution in [2.45, 2.75) is 0 Å². The van der Waals surface area contributed by atoms with Gasteiger partial charge < -0.3 is 5.11 Å². The summed E-state index contributed by atoms with van der Waals surface area (Å²) in [6.07, 6.45) is 0. The average molecular weight is 241 g/mol. The Bertz CT molecular complexity index is 499. The van der Waals surface area contributed by atoms with Gasteiger partial charge in [0.25, 0.3) is 0 Å². The largest absolute Gasteiger partial charge is 0.478 e. The third-order valence-electron chi connectivity index (χ3n) is 1.81. The maximum atomic E-state index is 10.7. The lowest BCUT2D eigenvalue weighted by Gasteiger charge is -2.00. The molecule has 0 aliphatic heterocycles. The number of hydrogen-bond donors (Lipinski definition) is 1. The van der Waals surface area contributed by atoms with E-state index in [1.54, 1.807) is 11.6 Å². The summed E-state index contributed by atoms with van der Waals surface area (Å²) in [5.41, 5.74) is 2.45. The van der Waals surface area contributed by atoms with Crippen molar-refractivity contribution in [3.05, 3.63) is 34.3 Å². The Morgan fingerprint density at radius 3 is 2.80 bits per heavy atom. The summed E-state index contributed by atoms with van der Waals surface area (Å²) < 4.78 is 0. The molecule has 15 heavy (non-hydrogen) atoms. The van der Waals surface area contributed by atoms with E-state index in [-0.39, 0.29) is 5.56 Å². The van der Waals surface area contributed by atoms with Crippen molar-refractivity contribution in [3.63, 3.8) is 0 Å². The highest BCUT2D eigenvalue weighted by molar-refractivity contribution is 7.12. The van der Waals surface area contributed by atoms with Gasteiger partial charge in [-0.15, -0.1) is 10.2 Å². The molecule has 0 amide bonds. The number of benzene rings is 1. The van der Waals surface area contributed by atoms with Crippen LogP contribution in [-0.4, -0.2) is 21.3 Å². The zero-order valence-corrected chi connectivity index (χ0v) is 8.92. The first-order chi connectivity index (χ1) is 7.18. The summed E-state index contributed by atoms with van der Waals surface area (Å²) >= 11 is 7.29. The van der Waals surface area contributed by atoms with Crippen LogP contribution in [0.4, 0.5) is 0 Å². The Labute approximate surface area is 94.2 Å². The average Bonchev–Trinajstić information content (AvgIpc) is 2.70. The number of aromatic nitrogens is 2. The van der Waals surface area contributed by atoms with E-state index in [4.69, 9.17) is 16.7 Å². The fraction of sp³-hybridized carbons (Fsp3) is 0. The van der Waals surface area contributed by atoms with Crippen molar-refractivity contribution >= 4 is 28.9 Å². The second kappa shape index (κ2) is 3.96. The number of rotatable bonds is 2. The second-order valence-corrected chi connectivity index (χ2v) is 3.98. The minimum absolute atomic E-state index is 0.160. The van der Waals surface area contributed by atoms with Crippen molar-refractivity contribution in [3.8, 4) is 10.6 Å². The predicted molar refractivity (Wildman–Crippen MR) is 57.3 cm³/mol. The normalized spacial score (nSPS) is 10.2. The van der Waals surface area contributed by atoms with E-state index in [1.807, 2.05) is 0 Å². The third kappa shape index (κ3) is 1.98. The summed E-state index contributed by atoms with van der Waals surface area (Å²) in [5, 5.41) is 17.3. The second-order valence-electron chi connectivity index (χ2n) is 2.74. The number of carboxylic acids is 1. The number of carboxylic acid groups (broad SMARTS) is 1. The fourth-order valence-electron chi connectivity index (χ4n) is 1.11. The molecule has 1 aromatic heterocycles. The van der Waals surface area contributed by atoms with E-state index >= 15 is 0 Å². The molecule has 2 rings (SSSR count). The van der Waals surface area contributed by atoms with Crippen LogP contribution < -0.4 is 0 Å². The number of hydrogen-bond acceptors (Lipinski definition) is 4. The van der Waals surface area contributed by atoms with Crippen LogP contribution in [-0.2, 0) is 0 Å². The molecule has 4 nitrogen and oxygen atoms in total. The molecule has 0 fully saturated rings. The van der Waals surface area contributed by atoms with E-state index in [2.05, 4.69) is 10.2 Å². The van der Waals surface area contributed by atoms with Gasteiger partial charge >= 0.3 is 5.97 Å². The summed E-state index contributed by atoms with van der Waals surface area (Å²) in [4.78, 5) is 10.7. The van der Waals surface area contributed by atoms with Gasteiger partial charge in [0.2, 0.25) is 0 Å². The molecule has 0 saturated carbocycles. The summed E-state index contributed by atoms with van der Waals surface area (Å²) in [7, 11) is 0. The molecule has 1 aromatic carbocycles. The molecule has 0 radical (unpaired) electrons. The smallest absolute Gasteiger partial charge is 0.335 e. The van der Waals surface area contributed by atoms with Crippen LogP contribution in [0.25, 0.3) is 10.6 Å². The van der Waals surface area contributed by atoms with Crippen LogP contribution in [0.3, 0.4) is 0 Å². The van der Waals surface area contributed by atoms with Gasteiger partial charge in [0, 0.05) is 5.56 Å². The third-order valence-corrected chi connectivity index (χ3v) is 2.84. The fourth-order valence-corrected chi connectivity index (χ4v) is 2.03. The highest BCUT2D eigenvalue weighted by Gasteiger charge is 2.10. The van der Waals surface area contributed by atoms with Crippen LogP contribution >= 0.6 is 22.9 Å².